The molecule has 0 aliphatic heterocycles. The number of alkyl halides is 1. The lowest BCUT2D eigenvalue weighted by Crippen LogP contribution is -2.42. The Kier molecular flexibility index (Phi) is 5.29. The van der Waals surface area contributed by atoms with Crippen molar-refractivity contribution in [1.29, 1.82) is 0 Å². The molecule has 110 valence electrons. The molecular formula is C15H20BrNO3. The Hall–Kier alpha value is -1.23. The van der Waals surface area contributed by atoms with Crippen LogP contribution in [0.15, 0.2) is 18.2 Å². The second-order valence-electron chi connectivity index (χ2n) is 4.95. The summed E-state index contributed by atoms with van der Waals surface area (Å²) in [6.45, 7) is 0. The molecule has 0 aromatic heterocycles. The van der Waals surface area contributed by atoms with E-state index < -0.39 is 0 Å². The smallest absolute Gasteiger partial charge is 0.251 e. The van der Waals surface area contributed by atoms with Gasteiger partial charge in [0, 0.05) is 16.4 Å². The summed E-state index contributed by atoms with van der Waals surface area (Å²) < 4.78 is 10.4. The van der Waals surface area contributed by atoms with Crippen LogP contribution < -0.4 is 14.8 Å². The van der Waals surface area contributed by atoms with Gasteiger partial charge in [-0.05, 0) is 31.0 Å². The first-order chi connectivity index (χ1) is 9.65. The summed E-state index contributed by atoms with van der Waals surface area (Å²) in [5.41, 5.74) is 0.591. The van der Waals surface area contributed by atoms with Gasteiger partial charge in [0.05, 0.1) is 14.2 Å². The zero-order chi connectivity index (χ0) is 14.5. The highest BCUT2D eigenvalue weighted by Crippen LogP contribution is 2.28. The van der Waals surface area contributed by atoms with E-state index in [0.717, 1.165) is 12.8 Å². The van der Waals surface area contributed by atoms with Gasteiger partial charge in [-0.1, -0.05) is 28.8 Å². The number of halogens is 1. The number of hydrogen-bond acceptors (Lipinski definition) is 3. The first-order valence-corrected chi connectivity index (χ1v) is 7.74. The number of nitrogens with one attached hydrogen (secondary N) is 1. The lowest BCUT2D eigenvalue weighted by Gasteiger charge is -2.28. The van der Waals surface area contributed by atoms with Gasteiger partial charge in [-0.2, -0.15) is 0 Å². The van der Waals surface area contributed by atoms with E-state index in [0.29, 0.717) is 21.9 Å². The van der Waals surface area contributed by atoms with Crippen LogP contribution in [-0.4, -0.2) is 31.0 Å². The molecule has 1 N–H and O–H groups in total. The Morgan fingerprint density at radius 3 is 2.55 bits per heavy atom. The largest absolute Gasteiger partial charge is 0.493 e. The van der Waals surface area contributed by atoms with Gasteiger partial charge in [0.25, 0.3) is 5.91 Å². The maximum absolute atomic E-state index is 12.3. The first-order valence-electron chi connectivity index (χ1n) is 6.82. The zero-order valence-electron chi connectivity index (χ0n) is 11.8. The summed E-state index contributed by atoms with van der Waals surface area (Å²) >= 11 is 3.65. The van der Waals surface area contributed by atoms with Gasteiger partial charge in [-0.3, -0.25) is 4.79 Å². The highest BCUT2D eigenvalue weighted by Gasteiger charge is 2.24. The lowest BCUT2D eigenvalue weighted by atomic mass is 9.95. The van der Waals surface area contributed by atoms with Crippen molar-refractivity contribution in [2.75, 3.05) is 14.2 Å². The van der Waals surface area contributed by atoms with Crippen LogP contribution in [0.1, 0.15) is 36.0 Å². The molecule has 2 atom stereocenters. The predicted octanol–water partition coefficient (Wildman–Crippen LogP) is 3.14. The molecule has 0 heterocycles. The average Bonchev–Trinajstić information content (AvgIpc) is 2.48. The molecule has 1 saturated carbocycles. The molecule has 2 rings (SSSR count). The van der Waals surface area contributed by atoms with Crippen LogP contribution in [0.2, 0.25) is 0 Å². The van der Waals surface area contributed by atoms with E-state index in [9.17, 15) is 4.79 Å². The van der Waals surface area contributed by atoms with Gasteiger partial charge in [0.1, 0.15) is 0 Å². The van der Waals surface area contributed by atoms with E-state index in [2.05, 4.69) is 21.2 Å². The molecule has 1 aliphatic carbocycles. The van der Waals surface area contributed by atoms with E-state index in [1.54, 1.807) is 32.4 Å². The van der Waals surface area contributed by atoms with Crippen molar-refractivity contribution in [2.45, 2.75) is 36.6 Å². The summed E-state index contributed by atoms with van der Waals surface area (Å²) in [7, 11) is 3.14. The average molecular weight is 342 g/mol. The standard InChI is InChI=1S/C15H20BrNO3/c1-19-13-8-7-10(9-14(13)20-2)15(18)17-12-6-4-3-5-11(12)16/h7-9,11-12H,3-6H2,1-2H3,(H,17,18). The molecule has 0 saturated heterocycles. The Morgan fingerprint density at radius 2 is 1.90 bits per heavy atom. The third-order valence-corrected chi connectivity index (χ3v) is 4.74. The van der Waals surface area contributed by atoms with E-state index in [-0.39, 0.29) is 11.9 Å². The molecule has 0 bridgehead atoms. The fourth-order valence-corrected chi connectivity index (χ4v) is 3.20. The fraction of sp³-hybridized carbons (Fsp3) is 0.533. The molecular weight excluding hydrogens is 322 g/mol. The normalized spacial score (nSPS) is 22.1. The highest BCUT2D eigenvalue weighted by atomic mass is 79.9. The molecule has 1 aliphatic rings. The third-order valence-electron chi connectivity index (χ3n) is 3.64. The van der Waals surface area contributed by atoms with Gasteiger partial charge in [0.2, 0.25) is 0 Å². The summed E-state index contributed by atoms with van der Waals surface area (Å²) in [4.78, 5) is 12.7. The number of benzene rings is 1. The Labute approximate surface area is 128 Å². The Balaban J connectivity index is 2.08. The van der Waals surface area contributed by atoms with Gasteiger partial charge < -0.3 is 14.8 Å². The van der Waals surface area contributed by atoms with Crippen LogP contribution in [-0.2, 0) is 0 Å². The monoisotopic (exact) mass is 341 g/mol. The Morgan fingerprint density at radius 1 is 1.20 bits per heavy atom. The lowest BCUT2D eigenvalue weighted by molar-refractivity contribution is 0.0929. The summed E-state index contributed by atoms with van der Waals surface area (Å²) in [6.07, 6.45) is 4.52. The molecule has 5 heteroatoms. The van der Waals surface area contributed by atoms with Crippen molar-refractivity contribution in [3.05, 3.63) is 23.8 Å². The van der Waals surface area contributed by atoms with Gasteiger partial charge in [-0.15, -0.1) is 0 Å². The third kappa shape index (κ3) is 3.45. The molecule has 2 unspecified atom stereocenters. The van der Waals surface area contributed by atoms with E-state index >= 15 is 0 Å². The number of amides is 1. The topological polar surface area (TPSA) is 47.6 Å². The van der Waals surface area contributed by atoms with Gasteiger partial charge in [0.15, 0.2) is 11.5 Å². The van der Waals surface area contributed by atoms with Crippen LogP contribution in [0.4, 0.5) is 0 Å². The predicted molar refractivity (Wildman–Crippen MR) is 82.0 cm³/mol. The minimum Gasteiger partial charge on any atom is -0.493 e. The van der Waals surface area contributed by atoms with Crippen molar-refractivity contribution >= 4 is 21.8 Å². The number of carbonyl (C=O) groups is 1. The molecule has 1 amide bonds. The molecule has 1 aromatic carbocycles. The number of hydrogen-bond donors (Lipinski definition) is 1. The van der Waals surface area contributed by atoms with Crippen molar-refractivity contribution in [1.82, 2.24) is 5.32 Å². The van der Waals surface area contributed by atoms with Crippen molar-refractivity contribution in [3.8, 4) is 11.5 Å². The van der Waals surface area contributed by atoms with Crippen molar-refractivity contribution in [2.24, 2.45) is 0 Å². The molecule has 0 radical (unpaired) electrons. The van der Waals surface area contributed by atoms with Gasteiger partial charge >= 0.3 is 0 Å². The molecule has 20 heavy (non-hydrogen) atoms. The molecule has 0 spiro atoms. The van der Waals surface area contributed by atoms with Crippen LogP contribution in [0.3, 0.4) is 0 Å². The molecule has 1 fully saturated rings. The second kappa shape index (κ2) is 6.97. The minimum absolute atomic E-state index is 0.0673. The van der Waals surface area contributed by atoms with E-state index in [1.165, 1.54) is 12.8 Å². The highest BCUT2D eigenvalue weighted by molar-refractivity contribution is 9.09. The second-order valence-corrected chi connectivity index (χ2v) is 6.13. The van der Waals surface area contributed by atoms with E-state index in [4.69, 9.17) is 9.47 Å². The fourth-order valence-electron chi connectivity index (χ4n) is 2.48. The quantitative estimate of drug-likeness (QED) is 0.856. The molecule has 4 nitrogen and oxygen atoms in total. The zero-order valence-corrected chi connectivity index (χ0v) is 13.4. The molecule has 1 aromatic rings. The summed E-state index contributed by atoms with van der Waals surface area (Å²) in [5.74, 6) is 1.13. The van der Waals surface area contributed by atoms with Crippen LogP contribution in [0.5, 0.6) is 11.5 Å². The minimum atomic E-state index is -0.0673. The Bertz CT molecular complexity index is 478. The van der Waals surface area contributed by atoms with Crippen LogP contribution in [0, 0.1) is 0 Å². The van der Waals surface area contributed by atoms with Gasteiger partial charge in [-0.25, -0.2) is 0 Å². The number of ether oxygens (including phenoxy) is 2. The SMILES string of the molecule is COc1ccc(C(=O)NC2CCCCC2Br)cc1OC. The maximum Gasteiger partial charge on any atom is 0.251 e. The van der Waals surface area contributed by atoms with Crippen LogP contribution >= 0.6 is 15.9 Å². The van der Waals surface area contributed by atoms with E-state index in [1.807, 2.05) is 0 Å². The maximum atomic E-state index is 12.3. The number of rotatable bonds is 4. The number of carbonyl (C=O) groups excluding carboxylic acids is 1. The number of methoxy groups -OCH3 is 2. The summed E-state index contributed by atoms with van der Waals surface area (Å²) in [5, 5.41) is 3.09. The van der Waals surface area contributed by atoms with Crippen molar-refractivity contribution in [3.63, 3.8) is 0 Å². The first kappa shape index (κ1) is 15.2. The van der Waals surface area contributed by atoms with Crippen molar-refractivity contribution < 1.29 is 14.3 Å². The van der Waals surface area contributed by atoms with Crippen LogP contribution in [0.25, 0.3) is 0 Å². The summed E-state index contributed by atoms with van der Waals surface area (Å²) in [6, 6.07) is 5.41.